The molecular weight excluding hydrogens is 179 g/mol. The van der Waals surface area contributed by atoms with Gasteiger partial charge in [0.2, 0.25) is 0 Å². The molecule has 2 N–H and O–H groups in total. The second kappa shape index (κ2) is 3.46. The monoisotopic (exact) mass is 188 g/mol. The minimum atomic E-state index is -0.329. The molecule has 0 atom stereocenters. The largest absolute Gasteiger partial charge is 0.399 e. The highest BCUT2D eigenvalue weighted by molar-refractivity contribution is 5.61. The molecule has 0 radical (unpaired) electrons. The second-order valence-electron chi connectivity index (χ2n) is 2.98. The highest BCUT2D eigenvalue weighted by Crippen LogP contribution is 2.17. The SMILES string of the molecule is Nc1ccc(-c2ccc(F)cn2)cc1. The van der Waals surface area contributed by atoms with Crippen LogP contribution in [-0.2, 0) is 0 Å². The van der Waals surface area contributed by atoms with E-state index in [4.69, 9.17) is 5.73 Å². The van der Waals surface area contributed by atoms with E-state index in [1.54, 1.807) is 18.2 Å². The van der Waals surface area contributed by atoms with Gasteiger partial charge >= 0.3 is 0 Å². The second-order valence-corrected chi connectivity index (χ2v) is 2.98. The van der Waals surface area contributed by atoms with Crippen LogP contribution in [0, 0.1) is 5.82 Å². The van der Waals surface area contributed by atoms with Gasteiger partial charge in [-0.3, -0.25) is 4.98 Å². The number of hydrogen-bond donors (Lipinski definition) is 1. The zero-order valence-corrected chi connectivity index (χ0v) is 7.44. The van der Waals surface area contributed by atoms with Crippen LogP contribution in [0.25, 0.3) is 11.3 Å². The van der Waals surface area contributed by atoms with Crippen molar-refractivity contribution in [2.45, 2.75) is 0 Å². The Labute approximate surface area is 81.2 Å². The molecule has 1 aromatic carbocycles. The lowest BCUT2D eigenvalue weighted by Gasteiger charge is -2.00. The van der Waals surface area contributed by atoms with Crippen molar-refractivity contribution in [2.24, 2.45) is 0 Å². The summed E-state index contributed by atoms with van der Waals surface area (Å²) in [5.41, 5.74) is 7.92. The van der Waals surface area contributed by atoms with Crippen molar-refractivity contribution in [2.75, 3.05) is 5.73 Å². The molecule has 2 rings (SSSR count). The average molecular weight is 188 g/mol. The Bertz CT molecular complexity index is 377. The third-order valence-corrected chi connectivity index (χ3v) is 1.93. The van der Waals surface area contributed by atoms with E-state index in [2.05, 4.69) is 4.98 Å². The van der Waals surface area contributed by atoms with Crippen LogP contribution in [0.2, 0.25) is 0 Å². The average Bonchev–Trinajstić information content (AvgIpc) is 2.21. The fourth-order valence-electron chi connectivity index (χ4n) is 1.20. The maximum absolute atomic E-state index is 12.6. The van der Waals surface area contributed by atoms with Gasteiger partial charge in [0.05, 0.1) is 11.9 Å². The van der Waals surface area contributed by atoms with Crippen LogP contribution in [0.5, 0.6) is 0 Å². The highest BCUT2D eigenvalue weighted by Gasteiger charge is 1.98. The molecule has 0 aliphatic carbocycles. The lowest BCUT2D eigenvalue weighted by atomic mass is 10.1. The van der Waals surface area contributed by atoms with Gasteiger partial charge in [0, 0.05) is 11.3 Å². The maximum atomic E-state index is 12.6. The number of halogens is 1. The molecule has 2 aromatic rings. The van der Waals surface area contributed by atoms with Crippen molar-refractivity contribution in [3.05, 3.63) is 48.4 Å². The highest BCUT2D eigenvalue weighted by atomic mass is 19.1. The Hall–Kier alpha value is -1.90. The smallest absolute Gasteiger partial charge is 0.141 e. The van der Waals surface area contributed by atoms with Crippen molar-refractivity contribution in [3.63, 3.8) is 0 Å². The molecule has 1 heterocycles. The van der Waals surface area contributed by atoms with Gasteiger partial charge in [0.1, 0.15) is 5.82 Å². The van der Waals surface area contributed by atoms with E-state index in [9.17, 15) is 4.39 Å². The first kappa shape index (κ1) is 8.69. The first-order valence-corrected chi connectivity index (χ1v) is 4.23. The van der Waals surface area contributed by atoms with Crippen molar-refractivity contribution >= 4 is 5.69 Å². The predicted octanol–water partition coefficient (Wildman–Crippen LogP) is 2.47. The van der Waals surface area contributed by atoms with E-state index >= 15 is 0 Å². The molecule has 0 amide bonds. The van der Waals surface area contributed by atoms with Gasteiger partial charge in [-0.15, -0.1) is 0 Å². The van der Waals surface area contributed by atoms with Gasteiger partial charge in [-0.1, -0.05) is 12.1 Å². The minimum absolute atomic E-state index is 0.329. The number of anilines is 1. The van der Waals surface area contributed by atoms with Gasteiger partial charge in [-0.25, -0.2) is 4.39 Å². The number of nitrogens with two attached hydrogens (primary N) is 1. The molecule has 1 aromatic heterocycles. The standard InChI is InChI=1S/C11H9FN2/c12-9-3-6-11(14-7-9)8-1-4-10(13)5-2-8/h1-7H,13H2. The van der Waals surface area contributed by atoms with Gasteiger partial charge in [-0.2, -0.15) is 0 Å². The van der Waals surface area contributed by atoms with Crippen LogP contribution in [0.3, 0.4) is 0 Å². The summed E-state index contributed by atoms with van der Waals surface area (Å²) >= 11 is 0. The Balaban J connectivity index is 2.40. The molecule has 0 spiro atoms. The summed E-state index contributed by atoms with van der Waals surface area (Å²) in [6.07, 6.45) is 1.20. The van der Waals surface area contributed by atoms with Crippen molar-refractivity contribution in [3.8, 4) is 11.3 Å². The maximum Gasteiger partial charge on any atom is 0.141 e. The molecule has 0 saturated carbocycles. The Morgan fingerprint density at radius 1 is 1.00 bits per heavy atom. The van der Waals surface area contributed by atoms with Gasteiger partial charge in [0.25, 0.3) is 0 Å². The van der Waals surface area contributed by atoms with E-state index < -0.39 is 0 Å². The Morgan fingerprint density at radius 2 is 1.71 bits per heavy atom. The summed E-state index contributed by atoms with van der Waals surface area (Å²) < 4.78 is 12.6. The molecule has 0 unspecified atom stereocenters. The Morgan fingerprint density at radius 3 is 2.29 bits per heavy atom. The molecule has 2 nitrogen and oxygen atoms in total. The zero-order valence-electron chi connectivity index (χ0n) is 7.44. The summed E-state index contributed by atoms with van der Waals surface area (Å²) in [7, 11) is 0. The molecule has 0 aliphatic heterocycles. The number of aromatic nitrogens is 1. The lowest BCUT2D eigenvalue weighted by Crippen LogP contribution is -1.86. The predicted molar refractivity (Wildman–Crippen MR) is 54.0 cm³/mol. The number of pyridine rings is 1. The van der Waals surface area contributed by atoms with E-state index in [1.807, 2.05) is 12.1 Å². The first-order valence-electron chi connectivity index (χ1n) is 4.23. The number of nitrogens with zero attached hydrogens (tertiary/aromatic N) is 1. The van der Waals surface area contributed by atoms with Crippen LogP contribution in [0.15, 0.2) is 42.6 Å². The number of nitrogen functional groups attached to an aromatic ring is 1. The van der Waals surface area contributed by atoms with E-state index in [1.165, 1.54) is 12.3 Å². The normalized spacial score (nSPS) is 10.1. The van der Waals surface area contributed by atoms with Gasteiger partial charge in [0.15, 0.2) is 0 Å². The third kappa shape index (κ3) is 1.71. The zero-order chi connectivity index (χ0) is 9.97. The quantitative estimate of drug-likeness (QED) is 0.698. The van der Waals surface area contributed by atoms with E-state index in [-0.39, 0.29) is 5.82 Å². The van der Waals surface area contributed by atoms with Crippen LogP contribution in [0.4, 0.5) is 10.1 Å². The topological polar surface area (TPSA) is 38.9 Å². The fraction of sp³-hybridized carbons (Fsp3) is 0. The first-order chi connectivity index (χ1) is 6.75. The molecule has 0 fully saturated rings. The number of rotatable bonds is 1. The number of benzene rings is 1. The number of hydrogen-bond acceptors (Lipinski definition) is 2. The van der Waals surface area contributed by atoms with Crippen LogP contribution < -0.4 is 5.73 Å². The summed E-state index contributed by atoms with van der Waals surface area (Å²) in [6.45, 7) is 0. The molecule has 0 bridgehead atoms. The molecule has 0 aliphatic rings. The van der Waals surface area contributed by atoms with Crippen LogP contribution >= 0.6 is 0 Å². The molecule has 3 heteroatoms. The van der Waals surface area contributed by atoms with Gasteiger partial charge in [-0.05, 0) is 24.3 Å². The van der Waals surface area contributed by atoms with Crippen molar-refractivity contribution in [1.82, 2.24) is 4.98 Å². The van der Waals surface area contributed by atoms with Crippen LogP contribution in [-0.4, -0.2) is 4.98 Å². The molecular formula is C11H9FN2. The minimum Gasteiger partial charge on any atom is -0.399 e. The van der Waals surface area contributed by atoms with Crippen molar-refractivity contribution < 1.29 is 4.39 Å². The third-order valence-electron chi connectivity index (χ3n) is 1.93. The fourth-order valence-corrected chi connectivity index (χ4v) is 1.20. The van der Waals surface area contributed by atoms with E-state index in [0.29, 0.717) is 5.69 Å². The van der Waals surface area contributed by atoms with E-state index in [0.717, 1.165) is 11.3 Å². The summed E-state index contributed by atoms with van der Waals surface area (Å²) in [6, 6.07) is 10.3. The molecule has 0 saturated heterocycles. The summed E-state index contributed by atoms with van der Waals surface area (Å²) in [5.74, 6) is -0.329. The molecule has 70 valence electrons. The Kier molecular flexibility index (Phi) is 2.14. The van der Waals surface area contributed by atoms with Crippen molar-refractivity contribution in [1.29, 1.82) is 0 Å². The summed E-state index contributed by atoms with van der Waals surface area (Å²) in [5, 5.41) is 0. The molecule has 14 heavy (non-hydrogen) atoms. The van der Waals surface area contributed by atoms with Gasteiger partial charge < -0.3 is 5.73 Å². The van der Waals surface area contributed by atoms with Crippen LogP contribution in [0.1, 0.15) is 0 Å². The summed E-state index contributed by atoms with van der Waals surface area (Å²) in [4.78, 5) is 3.96. The lowest BCUT2D eigenvalue weighted by molar-refractivity contribution is 0.622.